The fraction of sp³-hybridized carbons (Fsp3) is 0.409. The molecule has 0 unspecified atom stereocenters. The van der Waals surface area contributed by atoms with Crippen molar-refractivity contribution < 1.29 is 4.79 Å². The van der Waals surface area contributed by atoms with Gasteiger partial charge in [-0.3, -0.25) is 9.79 Å². The van der Waals surface area contributed by atoms with Crippen LogP contribution in [-0.4, -0.2) is 37.0 Å². The molecule has 0 atom stereocenters. The number of carbonyl (C=O) groups is 1. The topological polar surface area (TPSA) is 78.4 Å². The van der Waals surface area contributed by atoms with Crippen LogP contribution in [0, 0.1) is 6.92 Å². The van der Waals surface area contributed by atoms with Gasteiger partial charge in [-0.2, -0.15) is 0 Å². The number of carbonyl (C=O) groups excluding carboxylic acids is 1. The standard InChI is InChI=1S/C22H29N5O/c1-17-9-10-19(25-15-17)27-20(28)11-14-24-21(23-2)26-16-22(12-6-13-22)18-7-4-3-5-8-18/h3-5,7-10,15H,6,11-14,16H2,1-2H3,(H2,23,24,26)(H,25,27,28). The van der Waals surface area contributed by atoms with Crippen LogP contribution in [0.3, 0.4) is 0 Å². The Morgan fingerprint density at radius 3 is 2.54 bits per heavy atom. The van der Waals surface area contributed by atoms with Gasteiger partial charge in [-0.15, -0.1) is 0 Å². The summed E-state index contributed by atoms with van der Waals surface area (Å²) < 4.78 is 0. The molecule has 0 saturated heterocycles. The van der Waals surface area contributed by atoms with Gasteiger partial charge >= 0.3 is 0 Å². The number of rotatable bonds is 7. The summed E-state index contributed by atoms with van der Waals surface area (Å²) in [6.07, 6.45) is 5.72. The molecular formula is C22H29N5O. The zero-order chi connectivity index (χ0) is 19.8. The lowest BCUT2D eigenvalue weighted by atomic mass is 9.64. The molecule has 0 aliphatic heterocycles. The van der Waals surface area contributed by atoms with Crippen LogP contribution >= 0.6 is 0 Å². The molecule has 1 heterocycles. The number of anilines is 1. The zero-order valence-electron chi connectivity index (χ0n) is 16.7. The minimum Gasteiger partial charge on any atom is -0.356 e. The Labute approximate surface area is 166 Å². The van der Waals surface area contributed by atoms with E-state index in [2.05, 4.69) is 56.3 Å². The summed E-state index contributed by atoms with van der Waals surface area (Å²) in [6.45, 7) is 3.32. The van der Waals surface area contributed by atoms with Crippen molar-refractivity contribution in [3.05, 3.63) is 59.8 Å². The van der Waals surface area contributed by atoms with Crippen molar-refractivity contribution in [3.8, 4) is 0 Å². The first-order valence-electron chi connectivity index (χ1n) is 9.84. The largest absolute Gasteiger partial charge is 0.356 e. The molecule has 3 N–H and O–H groups in total. The Hall–Kier alpha value is -2.89. The highest BCUT2D eigenvalue weighted by atomic mass is 16.1. The second-order valence-electron chi connectivity index (χ2n) is 7.37. The van der Waals surface area contributed by atoms with Crippen molar-refractivity contribution >= 4 is 17.7 Å². The Balaban J connectivity index is 1.43. The fourth-order valence-electron chi connectivity index (χ4n) is 3.48. The summed E-state index contributed by atoms with van der Waals surface area (Å²) in [5.74, 6) is 1.23. The van der Waals surface area contributed by atoms with E-state index in [9.17, 15) is 4.79 Å². The van der Waals surface area contributed by atoms with Gasteiger partial charge in [-0.05, 0) is 37.0 Å². The lowest BCUT2D eigenvalue weighted by Crippen LogP contribution is -2.49. The van der Waals surface area contributed by atoms with Crippen LogP contribution in [0.15, 0.2) is 53.7 Å². The molecule has 1 aromatic carbocycles. The van der Waals surface area contributed by atoms with Crippen LogP contribution in [-0.2, 0) is 10.2 Å². The number of nitrogens with zero attached hydrogens (tertiary/aromatic N) is 2. The first-order chi connectivity index (χ1) is 13.6. The molecule has 148 valence electrons. The number of aromatic nitrogens is 1. The quantitative estimate of drug-likeness (QED) is 0.510. The van der Waals surface area contributed by atoms with Crippen LogP contribution in [0.1, 0.15) is 36.8 Å². The molecule has 0 bridgehead atoms. The molecule has 0 radical (unpaired) electrons. The van der Waals surface area contributed by atoms with Gasteiger partial charge < -0.3 is 16.0 Å². The predicted octanol–water partition coefficient (Wildman–Crippen LogP) is 3.01. The van der Waals surface area contributed by atoms with Gasteiger partial charge in [0.15, 0.2) is 5.96 Å². The Kier molecular flexibility index (Phi) is 6.63. The Bertz CT molecular complexity index is 797. The van der Waals surface area contributed by atoms with E-state index < -0.39 is 0 Å². The predicted molar refractivity (Wildman–Crippen MR) is 114 cm³/mol. The molecule has 1 saturated carbocycles. The number of nitrogens with one attached hydrogen (secondary N) is 3. The second-order valence-corrected chi connectivity index (χ2v) is 7.37. The molecule has 6 heteroatoms. The maximum Gasteiger partial charge on any atom is 0.227 e. The highest BCUT2D eigenvalue weighted by molar-refractivity contribution is 5.90. The summed E-state index contributed by atoms with van der Waals surface area (Å²) in [7, 11) is 1.75. The van der Waals surface area contributed by atoms with Crippen molar-refractivity contribution in [3.63, 3.8) is 0 Å². The van der Waals surface area contributed by atoms with Crippen LogP contribution in [0.25, 0.3) is 0 Å². The summed E-state index contributed by atoms with van der Waals surface area (Å²) in [4.78, 5) is 20.5. The smallest absolute Gasteiger partial charge is 0.227 e. The van der Waals surface area contributed by atoms with Crippen LogP contribution < -0.4 is 16.0 Å². The number of hydrogen-bond acceptors (Lipinski definition) is 3. The lowest BCUT2D eigenvalue weighted by molar-refractivity contribution is -0.116. The van der Waals surface area contributed by atoms with E-state index in [4.69, 9.17) is 0 Å². The second kappa shape index (κ2) is 9.35. The minimum atomic E-state index is -0.0703. The van der Waals surface area contributed by atoms with E-state index in [1.54, 1.807) is 13.2 Å². The number of pyridine rings is 1. The third kappa shape index (κ3) is 5.09. The van der Waals surface area contributed by atoms with Crippen molar-refractivity contribution in [2.45, 2.75) is 38.0 Å². The highest BCUT2D eigenvalue weighted by Gasteiger charge is 2.38. The maximum absolute atomic E-state index is 12.1. The molecule has 1 fully saturated rings. The van der Waals surface area contributed by atoms with Crippen LogP contribution in [0.5, 0.6) is 0 Å². The summed E-state index contributed by atoms with van der Waals surface area (Å²) in [6, 6.07) is 14.4. The molecule has 1 aliphatic carbocycles. The molecule has 3 rings (SSSR count). The number of aliphatic imine (C=N–C) groups is 1. The van der Waals surface area contributed by atoms with Gasteiger partial charge in [-0.25, -0.2) is 4.98 Å². The van der Waals surface area contributed by atoms with Crippen molar-refractivity contribution in [2.24, 2.45) is 4.99 Å². The molecular weight excluding hydrogens is 350 g/mol. The molecule has 2 aromatic rings. The third-order valence-corrected chi connectivity index (χ3v) is 5.34. The van der Waals surface area contributed by atoms with Crippen LogP contribution in [0.4, 0.5) is 5.82 Å². The van der Waals surface area contributed by atoms with Crippen molar-refractivity contribution in [1.29, 1.82) is 0 Å². The van der Waals surface area contributed by atoms with E-state index in [0.29, 0.717) is 18.8 Å². The molecule has 6 nitrogen and oxygen atoms in total. The lowest BCUT2D eigenvalue weighted by Gasteiger charge is -2.43. The maximum atomic E-state index is 12.1. The van der Waals surface area contributed by atoms with Gasteiger partial charge in [0.2, 0.25) is 5.91 Å². The fourth-order valence-corrected chi connectivity index (χ4v) is 3.48. The molecule has 1 aromatic heterocycles. The number of aryl methyl sites for hydroxylation is 1. The van der Waals surface area contributed by atoms with E-state index in [1.165, 1.54) is 24.8 Å². The van der Waals surface area contributed by atoms with Crippen LogP contribution in [0.2, 0.25) is 0 Å². The molecule has 1 amide bonds. The third-order valence-electron chi connectivity index (χ3n) is 5.34. The summed E-state index contributed by atoms with van der Waals surface area (Å²) >= 11 is 0. The SMILES string of the molecule is CN=C(NCCC(=O)Nc1ccc(C)cn1)NCC1(c2ccccc2)CCC1. The number of guanidine groups is 1. The monoisotopic (exact) mass is 379 g/mol. The Morgan fingerprint density at radius 1 is 1.14 bits per heavy atom. The summed E-state index contributed by atoms with van der Waals surface area (Å²) in [5, 5.41) is 9.47. The number of hydrogen-bond donors (Lipinski definition) is 3. The zero-order valence-corrected chi connectivity index (χ0v) is 16.7. The normalized spacial score (nSPS) is 15.4. The molecule has 28 heavy (non-hydrogen) atoms. The van der Waals surface area contributed by atoms with Gasteiger partial charge in [0.1, 0.15) is 5.82 Å². The van der Waals surface area contributed by atoms with Crippen molar-refractivity contribution in [2.75, 3.05) is 25.5 Å². The van der Waals surface area contributed by atoms with Gasteiger partial charge in [0.05, 0.1) is 0 Å². The van der Waals surface area contributed by atoms with Gasteiger partial charge in [0.25, 0.3) is 0 Å². The minimum absolute atomic E-state index is 0.0703. The highest BCUT2D eigenvalue weighted by Crippen LogP contribution is 2.43. The number of benzene rings is 1. The van der Waals surface area contributed by atoms with E-state index >= 15 is 0 Å². The van der Waals surface area contributed by atoms with E-state index in [0.717, 1.165) is 18.1 Å². The van der Waals surface area contributed by atoms with Gasteiger partial charge in [0, 0.05) is 38.2 Å². The Morgan fingerprint density at radius 2 is 1.93 bits per heavy atom. The summed E-state index contributed by atoms with van der Waals surface area (Å²) in [5.41, 5.74) is 2.64. The average molecular weight is 380 g/mol. The number of amides is 1. The van der Waals surface area contributed by atoms with Crippen molar-refractivity contribution in [1.82, 2.24) is 15.6 Å². The average Bonchev–Trinajstić information content (AvgIpc) is 2.68. The van der Waals surface area contributed by atoms with Gasteiger partial charge in [-0.1, -0.05) is 42.8 Å². The first kappa shape index (κ1) is 19.9. The molecule has 0 spiro atoms. The molecule has 1 aliphatic rings. The van der Waals surface area contributed by atoms with E-state index in [1.807, 2.05) is 19.1 Å². The first-order valence-corrected chi connectivity index (χ1v) is 9.84. The van der Waals surface area contributed by atoms with E-state index in [-0.39, 0.29) is 11.3 Å².